The molecule has 1 N–H and O–H groups in total. The lowest BCUT2D eigenvalue weighted by Gasteiger charge is -2.42. The van der Waals surface area contributed by atoms with Crippen molar-refractivity contribution in [2.24, 2.45) is 0 Å². The predicted octanol–water partition coefficient (Wildman–Crippen LogP) is 5.07. The zero-order valence-electron chi connectivity index (χ0n) is 15.9. The summed E-state index contributed by atoms with van der Waals surface area (Å²) in [5.74, 6) is 0. The third kappa shape index (κ3) is 3.69. The molecular weight excluding hydrogens is 330 g/mol. The van der Waals surface area contributed by atoms with Crippen LogP contribution in [-0.4, -0.2) is 23.1 Å². The van der Waals surface area contributed by atoms with Gasteiger partial charge in [0.1, 0.15) is 0 Å². The van der Waals surface area contributed by atoms with E-state index in [4.69, 9.17) is 0 Å². The second-order valence-electron chi connectivity index (χ2n) is 7.60. The summed E-state index contributed by atoms with van der Waals surface area (Å²) in [5.41, 5.74) is 4.31. The van der Waals surface area contributed by atoms with E-state index in [-0.39, 0.29) is 6.04 Å². The molecule has 1 fully saturated rings. The molecule has 0 radical (unpaired) electrons. The number of hydrogen-bond acceptors (Lipinski definition) is 2. The second-order valence-corrected chi connectivity index (χ2v) is 7.60. The Morgan fingerprint density at radius 1 is 0.778 bits per heavy atom. The van der Waals surface area contributed by atoms with E-state index in [1.807, 2.05) is 30.3 Å². The van der Waals surface area contributed by atoms with Crippen LogP contribution in [0.2, 0.25) is 0 Å². The van der Waals surface area contributed by atoms with Gasteiger partial charge >= 0.3 is 0 Å². The molecular formula is C25H27NO. The molecule has 0 spiro atoms. The SMILES string of the molecule is Cc1ccccc1[C@@H](c1ccccc1)N1CCC(O)(c2ccccc2)CC1. The number of aliphatic hydroxyl groups is 1. The largest absolute Gasteiger partial charge is 0.385 e. The molecule has 1 aliphatic heterocycles. The van der Waals surface area contributed by atoms with Crippen LogP contribution in [0.5, 0.6) is 0 Å². The summed E-state index contributed by atoms with van der Waals surface area (Å²) < 4.78 is 0. The topological polar surface area (TPSA) is 23.5 Å². The highest BCUT2D eigenvalue weighted by atomic mass is 16.3. The molecule has 27 heavy (non-hydrogen) atoms. The van der Waals surface area contributed by atoms with Gasteiger partial charge in [-0.05, 0) is 42.0 Å². The Morgan fingerprint density at radius 3 is 1.96 bits per heavy atom. The normalized spacial score (nSPS) is 18.1. The van der Waals surface area contributed by atoms with Crippen LogP contribution in [0.25, 0.3) is 0 Å². The third-order valence-electron chi connectivity index (χ3n) is 5.90. The molecule has 2 nitrogen and oxygen atoms in total. The van der Waals surface area contributed by atoms with Gasteiger partial charge in [-0.2, -0.15) is 0 Å². The van der Waals surface area contributed by atoms with Crippen molar-refractivity contribution in [1.29, 1.82) is 0 Å². The number of nitrogens with zero attached hydrogens (tertiary/aromatic N) is 1. The van der Waals surface area contributed by atoms with Crippen LogP contribution in [0.3, 0.4) is 0 Å². The average molecular weight is 357 g/mol. The van der Waals surface area contributed by atoms with Crippen LogP contribution in [0.4, 0.5) is 0 Å². The Kier molecular flexibility index (Phi) is 5.11. The summed E-state index contributed by atoms with van der Waals surface area (Å²) in [6.45, 7) is 3.94. The fraction of sp³-hybridized carbons (Fsp3) is 0.280. The summed E-state index contributed by atoms with van der Waals surface area (Å²) in [7, 11) is 0. The number of benzene rings is 3. The molecule has 0 saturated carbocycles. The maximum Gasteiger partial charge on any atom is 0.0920 e. The summed E-state index contributed by atoms with van der Waals surface area (Å²) >= 11 is 0. The third-order valence-corrected chi connectivity index (χ3v) is 5.90. The quantitative estimate of drug-likeness (QED) is 0.705. The number of piperidine rings is 1. The van der Waals surface area contributed by atoms with Crippen molar-refractivity contribution < 1.29 is 5.11 Å². The Labute approximate surface area is 162 Å². The first-order chi connectivity index (χ1) is 13.2. The minimum Gasteiger partial charge on any atom is -0.385 e. The Balaban J connectivity index is 1.62. The van der Waals surface area contributed by atoms with Crippen LogP contribution < -0.4 is 0 Å². The average Bonchev–Trinajstić information content (AvgIpc) is 2.73. The summed E-state index contributed by atoms with van der Waals surface area (Å²) in [4.78, 5) is 2.52. The molecule has 1 aliphatic rings. The lowest BCUT2D eigenvalue weighted by atomic mass is 9.83. The molecule has 1 saturated heterocycles. The van der Waals surface area contributed by atoms with Gasteiger partial charge in [-0.3, -0.25) is 4.90 Å². The van der Waals surface area contributed by atoms with Crippen LogP contribution in [0, 0.1) is 6.92 Å². The van der Waals surface area contributed by atoms with Gasteiger partial charge in [0.05, 0.1) is 11.6 Å². The highest BCUT2D eigenvalue weighted by Crippen LogP contribution is 2.38. The van der Waals surface area contributed by atoms with Gasteiger partial charge in [0.25, 0.3) is 0 Å². The summed E-state index contributed by atoms with van der Waals surface area (Å²) in [6.07, 6.45) is 1.51. The van der Waals surface area contributed by atoms with E-state index < -0.39 is 5.60 Å². The minimum atomic E-state index is -0.718. The molecule has 0 unspecified atom stereocenters. The lowest BCUT2D eigenvalue weighted by Crippen LogP contribution is -2.44. The van der Waals surface area contributed by atoms with Gasteiger partial charge in [-0.15, -0.1) is 0 Å². The zero-order chi connectivity index (χ0) is 18.7. The molecule has 138 valence electrons. The summed E-state index contributed by atoms with van der Waals surface area (Å²) in [6, 6.07) is 29.8. The van der Waals surface area contributed by atoms with Gasteiger partial charge in [-0.1, -0.05) is 84.9 Å². The van der Waals surface area contributed by atoms with E-state index in [1.54, 1.807) is 0 Å². The van der Waals surface area contributed by atoms with E-state index in [0.717, 1.165) is 31.5 Å². The van der Waals surface area contributed by atoms with Crippen LogP contribution in [-0.2, 0) is 5.60 Å². The molecule has 0 bridgehead atoms. The maximum absolute atomic E-state index is 11.2. The highest BCUT2D eigenvalue weighted by molar-refractivity contribution is 5.37. The Hall–Kier alpha value is -2.42. The van der Waals surface area contributed by atoms with Crippen LogP contribution in [0.15, 0.2) is 84.9 Å². The molecule has 0 amide bonds. The maximum atomic E-state index is 11.2. The Bertz CT molecular complexity index is 867. The standard InChI is InChI=1S/C25H27NO/c1-20-10-8-9-15-23(20)24(21-11-4-2-5-12-21)26-18-16-25(27,17-19-26)22-13-6-3-7-14-22/h2-15,24,27H,16-19H2,1H3/t24-/m1/s1. The molecule has 0 aliphatic carbocycles. The minimum absolute atomic E-state index is 0.229. The van der Waals surface area contributed by atoms with Gasteiger partial charge in [0.2, 0.25) is 0 Å². The molecule has 1 heterocycles. The predicted molar refractivity (Wildman–Crippen MR) is 111 cm³/mol. The van der Waals surface area contributed by atoms with Crippen molar-refractivity contribution in [2.75, 3.05) is 13.1 Å². The molecule has 2 heteroatoms. The zero-order valence-corrected chi connectivity index (χ0v) is 15.9. The number of aryl methyl sites for hydroxylation is 1. The van der Waals surface area contributed by atoms with Crippen molar-refractivity contribution in [3.8, 4) is 0 Å². The number of hydrogen-bond donors (Lipinski definition) is 1. The van der Waals surface area contributed by atoms with Crippen LogP contribution >= 0.6 is 0 Å². The molecule has 3 aromatic carbocycles. The van der Waals surface area contributed by atoms with Crippen molar-refractivity contribution in [1.82, 2.24) is 4.90 Å². The van der Waals surface area contributed by atoms with Gasteiger partial charge in [-0.25, -0.2) is 0 Å². The van der Waals surface area contributed by atoms with Gasteiger partial charge in [0, 0.05) is 13.1 Å². The van der Waals surface area contributed by atoms with E-state index in [2.05, 4.69) is 66.4 Å². The van der Waals surface area contributed by atoms with Crippen molar-refractivity contribution in [3.63, 3.8) is 0 Å². The highest BCUT2D eigenvalue weighted by Gasteiger charge is 2.36. The van der Waals surface area contributed by atoms with E-state index in [1.165, 1.54) is 16.7 Å². The smallest absolute Gasteiger partial charge is 0.0920 e. The Morgan fingerprint density at radius 2 is 1.33 bits per heavy atom. The fourth-order valence-corrected chi connectivity index (χ4v) is 4.31. The molecule has 4 rings (SSSR count). The van der Waals surface area contributed by atoms with Crippen molar-refractivity contribution in [2.45, 2.75) is 31.4 Å². The summed E-state index contributed by atoms with van der Waals surface area (Å²) in [5, 5.41) is 11.2. The lowest BCUT2D eigenvalue weighted by molar-refractivity contribution is -0.0325. The van der Waals surface area contributed by atoms with Crippen molar-refractivity contribution >= 4 is 0 Å². The van der Waals surface area contributed by atoms with E-state index in [9.17, 15) is 5.11 Å². The molecule has 1 atom stereocenters. The number of rotatable bonds is 4. The molecule has 3 aromatic rings. The number of likely N-dealkylation sites (tertiary alicyclic amines) is 1. The van der Waals surface area contributed by atoms with E-state index >= 15 is 0 Å². The second kappa shape index (κ2) is 7.67. The monoisotopic (exact) mass is 357 g/mol. The van der Waals surface area contributed by atoms with Crippen LogP contribution in [0.1, 0.15) is 41.1 Å². The van der Waals surface area contributed by atoms with Gasteiger partial charge < -0.3 is 5.11 Å². The first-order valence-corrected chi connectivity index (χ1v) is 9.80. The van der Waals surface area contributed by atoms with Crippen molar-refractivity contribution in [3.05, 3.63) is 107 Å². The first kappa shape index (κ1) is 18.0. The molecule has 0 aromatic heterocycles. The first-order valence-electron chi connectivity index (χ1n) is 9.80. The van der Waals surface area contributed by atoms with E-state index in [0.29, 0.717) is 0 Å². The fourth-order valence-electron chi connectivity index (χ4n) is 4.31. The van der Waals surface area contributed by atoms with Gasteiger partial charge in [0.15, 0.2) is 0 Å².